The van der Waals surface area contributed by atoms with Gasteiger partial charge in [0.1, 0.15) is 5.75 Å². The fourth-order valence-corrected chi connectivity index (χ4v) is 2.96. The van der Waals surface area contributed by atoms with Gasteiger partial charge in [-0.05, 0) is 33.8 Å². The number of methoxy groups -OCH3 is 2. The largest absolute Gasteiger partial charge is 0.494 e. The molecule has 0 fully saturated rings. The Morgan fingerprint density at radius 1 is 1.27 bits per heavy atom. The minimum Gasteiger partial charge on any atom is -0.494 e. The van der Waals surface area contributed by atoms with Crippen LogP contribution in [0.25, 0.3) is 0 Å². The van der Waals surface area contributed by atoms with Gasteiger partial charge in [-0.15, -0.1) is 0 Å². The van der Waals surface area contributed by atoms with Crippen molar-refractivity contribution in [2.75, 3.05) is 27.4 Å². The number of pyridine rings is 1. The topological polar surface area (TPSA) is 69.5 Å². The molecule has 0 aliphatic rings. The molecule has 0 aliphatic heterocycles. The van der Waals surface area contributed by atoms with Crippen LogP contribution in [0.15, 0.2) is 12.3 Å². The minimum absolute atomic E-state index is 0.104. The van der Waals surface area contributed by atoms with E-state index >= 15 is 0 Å². The summed E-state index contributed by atoms with van der Waals surface area (Å²) in [5.74, 6) is 0.369. The molecule has 26 heavy (non-hydrogen) atoms. The molecular formula is C19H28N4O3. The first-order chi connectivity index (χ1) is 12.4. The lowest BCUT2D eigenvalue weighted by Crippen LogP contribution is -2.34. The highest BCUT2D eigenvalue weighted by molar-refractivity contribution is 5.97. The Bertz CT molecular complexity index is 770. The molecule has 2 heterocycles. The molecule has 2 aromatic heterocycles. The molecule has 2 rings (SSSR count). The number of rotatable bonds is 8. The zero-order valence-electron chi connectivity index (χ0n) is 16.5. The lowest BCUT2D eigenvalue weighted by atomic mass is 10.1. The quantitative estimate of drug-likeness (QED) is 0.723. The van der Waals surface area contributed by atoms with Crippen molar-refractivity contribution in [2.24, 2.45) is 0 Å². The van der Waals surface area contributed by atoms with Gasteiger partial charge >= 0.3 is 0 Å². The number of aromatic nitrogens is 3. The Morgan fingerprint density at radius 3 is 2.58 bits per heavy atom. The lowest BCUT2D eigenvalue weighted by molar-refractivity contribution is 0.0676. The highest BCUT2D eigenvalue weighted by atomic mass is 16.5. The fraction of sp³-hybridized carbons (Fsp3) is 0.526. The molecule has 142 valence electrons. The molecule has 0 spiro atoms. The first kappa shape index (κ1) is 19.9. The standard InChI is InChI=1S/C19H28N4O3/c1-7-23-15(4)17(14(3)21-23)12-22(8-9-25-5)19(24)16-10-13(2)20-11-18(16)26-6/h10-11H,7-9,12H2,1-6H3. The smallest absolute Gasteiger partial charge is 0.258 e. The third-order valence-corrected chi connectivity index (χ3v) is 4.49. The van der Waals surface area contributed by atoms with Crippen LogP contribution in [-0.4, -0.2) is 52.9 Å². The summed E-state index contributed by atoms with van der Waals surface area (Å²) < 4.78 is 12.5. The van der Waals surface area contributed by atoms with Crippen molar-refractivity contribution >= 4 is 5.91 Å². The molecule has 2 aromatic rings. The van der Waals surface area contributed by atoms with Gasteiger partial charge in [-0.25, -0.2) is 0 Å². The third kappa shape index (κ3) is 4.22. The molecule has 0 radical (unpaired) electrons. The summed E-state index contributed by atoms with van der Waals surface area (Å²) >= 11 is 0. The second-order valence-corrected chi connectivity index (χ2v) is 6.21. The molecular weight excluding hydrogens is 332 g/mol. The average Bonchev–Trinajstić information content (AvgIpc) is 2.91. The molecule has 0 aromatic carbocycles. The van der Waals surface area contributed by atoms with Crippen molar-refractivity contribution in [1.29, 1.82) is 0 Å². The molecule has 0 atom stereocenters. The van der Waals surface area contributed by atoms with Crippen LogP contribution in [0.4, 0.5) is 0 Å². The summed E-state index contributed by atoms with van der Waals surface area (Å²) in [5, 5.41) is 4.55. The summed E-state index contributed by atoms with van der Waals surface area (Å²) in [6.45, 7) is 10.1. The maximum absolute atomic E-state index is 13.2. The number of carbonyl (C=O) groups is 1. The van der Waals surface area contributed by atoms with E-state index in [4.69, 9.17) is 9.47 Å². The summed E-state index contributed by atoms with van der Waals surface area (Å²) in [7, 11) is 3.17. The van der Waals surface area contributed by atoms with Crippen molar-refractivity contribution in [3.05, 3.63) is 40.5 Å². The van der Waals surface area contributed by atoms with Gasteiger partial charge in [0.25, 0.3) is 5.91 Å². The van der Waals surface area contributed by atoms with Gasteiger partial charge in [-0.2, -0.15) is 5.10 Å². The minimum atomic E-state index is -0.104. The van der Waals surface area contributed by atoms with Crippen LogP contribution in [0.5, 0.6) is 5.75 Å². The van der Waals surface area contributed by atoms with Gasteiger partial charge in [0.05, 0.1) is 31.2 Å². The van der Waals surface area contributed by atoms with Gasteiger partial charge < -0.3 is 14.4 Å². The van der Waals surface area contributed by atoms with E-state index in [1.165, 1.54) is 0 Å². The predicted octanol–water partition coefficient (Wildman–Crippen LogP) is 2.52. The molecule has 0 aliphatic carbocycles. The number of aryl methyl sites for hydroxylation is 3. The van der Waals surface area contributed by atoms with Crippen LogP contribution in [0.2, 0.25) is 0 Å². The van der Waals surface area contributed by atoms with Gasteiger partial charge in [-0.1, -0.05) is 0 Å². The van der Waals surface area contributed by atoms with E-state index in [0.717, 1.165) is 29.2 Å². The maximum atomic E-state index is 13.2. The summed E-state index contributed by atoms with van der Waals surface area (Å²) in [4.78, 5) is 19.2. The van der Waals surface area contributed by atoms with Gasteiger partial charge in [0, 0.05) is 43.7 Å². The van der Waals surface area contributed by atoms with Crippen LogP contribution in [0.3, 0.4) is 0 Å². The number of nitrogens with zero attached hydrogens (tertiary/aromatic N) is 4. The molecule has 0 unspecified atom stereocenters. The highest BCUT2D eigenvalue weighted by Crippen LogP contribution is 2.22. The number of hydrogen-bond acceptors (Lipinski definition) is 5. The van der Waals surface area contributed by atoms with Gasteiger partial charge in [0.15, 0.2) is 0 Å². The van der Waals surface area contributed by atoms with Crippen molar-refractivity contribution in [3.8, 4) is 5.75 Å². The van der Waals surface area contributed by atoms with Crippen LogP contribution in [0.1, 0.15) is 39.9 Å². The fourth-order valence-electron chi connectivity index (χ4n) is 2.96. The van der Waals surface area contributed by atoms with Crippen molar-refractivity contribution in [2.45, 2.75) is 40.8 Å². The van der Waals surface area contributed by atoms with Gasteiger partial charge in [-0.3, -0.25) is 14.5 Å². The lowest BCUT2D eigenvalue weighted by Gasteiger charge is -2.24. The summed E-state index contributed by atoms with van der Waals surface area (Å²) in [6.07, 6.45) is 1.59. The molecule has 0 saturated carbocycles. The van der Waals surface area contributed by atoms with E-state index in [-0.39, 0.29) is 5.91 Å². The molecule has 7 heteroatoms. The van der Waals surface area contributed by atoms with Crippen LogP contribution in [-0.2, 0) is 17.8 Å². The molecule has 0 saturated heterocycles. The third-order valence-electron chi connectivity index (χ3n) is 4.49. The number of ether oxygens (including phenoxy) is 2. The van der Waals surface area contributed by atoms with Crippen LogP contribution >= 0.6 is 0 Å². The molecule has 0 N–H and O–H groups in total. The molecule has 0 bridgehead atoms. The van der Waals surface area contributed by atoms with E-state index in [1.54, 1.807) is 31.4 Å². The van der Waals surface area contributed by atoms with Crippen LogP contribution in [0, 0.1) is 20.8 Å². The number of carbonyl (C=O) groups excluding carboxylic acids is 1. The van der Waals surface area contributed by atoms with E-state index in [9.17, 15) is 4.79 Å². The molecule has 7 nitrogen and oxygen atoms in total. The highest BCUT2D eigenvalue weighted by Gasteiger charge is 2.23. The Labute approximate surface area is 154 Å². The van der Waals surface area contributed by atoms with Crippen molar-refractivity contribution in [3.63, 3.8) is 0 Å². The first-order valence-corrected chi connectivity index (χ1v) is 8.74. The second-order valence-electron chi connectivity index (χ2n) is 6.21. The number of hydrogen-bond donors (Lipinski definition) is 0. The first-order valence-electron chi connectivity index (χ1n) is 8.74. The Balaban J connectivity index is 2.37. The van der Waals surface area contributed by atoms with E-state index in [2.05, 4.69) is 17.0 Å². The zero-order chi connectivity index (χ0) is 19.3. The second kappa shape index (κ2) is 8.80. The van der Waals surface area contributed by atoms with Crippen molar-refractivity contribution in [1.82, 2.24) is 19.7 Å². The predicted molar refractivity (Wildman–Crippen MR) is 99.5 cm³/mol. The summed E-state index contributed by atoms with van der Waals surface area (Å²) in [6, 6.07) is 1.76. The summed E-state index contributed by atoms with van der Waals surface area (Å²) in [5.41, 5.74) is 4.37. The molecule has 1 amide bonds. The normalized spacial score (nSPS) is 10.8. The Kier molecular flexibility index (Phi) is 6.74. The Hall–Kier alpha value is -2.41. The van der Waals surface area contributed by atoms with Crippen LogP contribution < -0.4 is 4.74 Å². The van der Waals surface area contributed by atoms with E-state index in [0.29, 0.717) is 31.0 Å². The van der Waals surface area contributed by atoms with E-state index in [1.807, 2.05) is 25.5 Å². The maximum Gasteiger partial charge on any atom is 0.258 e. The van der Waals surface area contributed by atoms with E-state index < -0.39 is 0 Å². The Morgan fingerprint density at radius 2 is 2.00 bits per heavy atom. The monoisotopic (exact) mass is 360 g/mol. The van der Waals surface area contributed by atoms with Gasteiger partial charge in [0.2, 0.25) is 0 Å². The average molecular weight is 360 g/mol. The zero-order valence-corrected chi connectivity index (χ0v) is 16.5. The van der Waals surface area contributed by atoms with Crippen molar-refractivity contribution < 1.29 is 14.3 Å². The number of amides is 1. The SMILES string of the molecule is CCn1nc(C)c(CN(CCOC)C(=O)c2cc(C)ncc2OC)c1C.